The van der Waals surface area contributed by atoms with Gasteiger partial charge in [-0.1, -0.05) is 0 Å². The molecule has 0 rings (SSSR count). The van der Waals surface area contributed by atoms with Gasteiger partial charge in [-0.05, 0) is 20.8 Å². The Morgan fingerprint density at radius 2 is 2.00 bits per heavy atom. The van der Waals surface area contributed by atoms with Gasteiger partial charge in [0.15, 0.2) is 0 Å². The molecule has 0 aromatic rings. The molecule has 0 aromatic heterocycles. The molecule has 1 amide bonds. The Bertz CT molecular complexity index is 109. The van der Waals surface area contributed by atoms with Crippen molar-refractivity contribution in [2.75, 3.05) is 7.05 Å². The monoisotopic (exact) mass is 133 g/mol. The van der Waals surface area contributed by atoms with E-state index in [-0.39, 0.29) is 13.1 Å². The summed E-state index contributed by atoms with van der Waals surface area (Å²) >= 11 is 0. The molecule has 9 heavy (non-hydrogen) atoms. The van der Waals surface area contributed by atoms with Crippen molar-refractivity contribution in [2.24, 2.45) is 0 Å². The second-order valence-electron chi connectivity index (χ2n) is 2.75. The first-order chi connectivity index (χ1) is 3.95. The Kier molecular flexibility index (Phi) is 2.49. The number of alkyl carbamates (subject to hydrolysis) is 1. The maximum Gasteiger partial charge on any atom is 0.407 e. The minimum Gasteiger partial charge on any atom is -0.444 e. The van der Waals surface area contributed by atoms with Crippen molar-refractivity contribution in [3.8, 4) is 0 Å². The Hall–Kier alpha value is -0.730. The third-order valence-corrected chi connectivity index (χ3v) is 0.603. The molecule has 0 aliphatic carbocycles. The summed E-state index contributed by atoms with van der Waals surface area (Å²) in [7, 11) is 1.54. The van der Waals surface area contributed by atoms with Crippen LogP contribution in [-0.2, 0) is 4.74 Å². The van der Waals surface area contributed by atoms with E-state index in [2.05, 4.69) is 5.32 Å². The Morgan fingerprint density at radius 3 is 2.11 bits per heavy atom. The lowest BCUT2D eigenvalue weighted by Crippen LogP contribution is -2.30. The van der Waals surface area contributed by atoms with Gasteiger partial charge in [-0.15, -0.1) is 0 Å². The highest BCUT2D eigenvalue weighted by molar-refractivity contribution is 5.67. The summed E-state index contributed by atoms with van der Waals surface area (Å²) in [6, 6.07) is 0. The summed E-state index contributed by atoms with van der Waals surface area (Å²) in [6.45, 7) is 5.46. The van der Waals surface area contributed by atoms with Gasteiger partial charge in [0.2, 0.25) is 0 Å². The molecule has 56 valence electrons. The standard InChI is InChI=1S/C6H13NO2.H2/c1-6(2,3)9-5(8)7-4;/h1-4H3,(H,7,8);1H. The fourth-order valence-electron chi connectivity index (χ4n) is 0.329. The maximum absolute atomic E-state index is 10.5. The minimum atomic E-state index is -0.389. The van der Waals surface area contributed by atoms with Crippen LogP contribution in [0.25, 0.3) is 0 Å². The molecular weight excluding hydrogens is 118 g/mol. The normalized spacial score (nSPS) is 10.7. The van der Waals surface area contributed by atoms with E-state index in [4.69, 9.17) is 4.74 Å². The molecule has 0 atom stereocenters. The number of amides is 1. The summed E-state index contributed by atoms with van der Waals surface area (Å²) < 4.78 is 4.84. The molecule has 0 aromatic carbocycles. The highest BCUT2D eigenvalue weighted by atomic mass is 16.6. The van der Waals surface area contributed by atoms with Crippen LogP contribution in [0.1, 0.15) is 22.2 Å². The van der Waals surface area contributed by atoms with E-state index in [0.717, 1.165) is 0 Å². The van der Waals surface area contributed by atoms with Crippen LogP contribution >= 0.6 is 0 Å². The van der Waals surface area contributed by atoms with Crippen molar-refractivity contribution in [2.45, 2.75) is 26.4 Å². The molecule has 0 saturated carbocycles. The molecule has 1 N–H and O–H groups in total. The number of carbonyl (C=O) groups excluding carboxylic acids is 1. The van der Waals surface area contributed by atoms with E-state index in [1.807, 2.05) is 20.8 Å². The Balaban J connectivity index is 0. The first kappa shape index (κ1) is 8.27. The summed E-state index contributed by atoms with van der Waals surface area (Å²) in [5.41, 5.74) is -0.389. The lowest BCUT2D eigenvalue weighted by atomic mass is 10.2. The molecule has 0 bridgehead atoms. The van der Waals surface area contributed by atoms with Crippen molar-refractivity contribution in [1.82, 2.24) is 5.32 Å². The number of hydrogen-bond acceptors (Lipinski definition) is 2. The molecule has 3 heteroatoms. The SMILES string of the molecule is CNC(=O)OC(C)(C)C.[HH]. The largest absolute Gasteiger partial charge is 0.444 e. The third-order valence-electron chi connectivity index (χ3n) is 0.603. The van der Waals surface area contributed by atoms with Crippen molar-refractivity contribution in [3.05, 3.63) is 0 Å². The molecule has 0 fully saturated rings. The number of nitrogens with one attached hydrogen (secondary N) is 1. The highest BCUT2D eigenvalue weighted by Gasteiger charge is 2.13. The van der Waals surface area contributed by atoms with Crippen LogP contribution in [0.3, 0.4) is 0 Å². The first-order valence-corrected chi connectivity index (χ1v) is 2.86. The van der Waals surface area contributed by atoms with Crippen LogP contribution in [0.5, 0.6) is 0 Å². The predicted octanol–water partition coefficient (Wildman–Crippen LogP) is 1.39. The zero-order valence-electron chi connectivity index (χ0n) is 6.32. The van der Waals surface area contributed by atoms with Gasteiger partial charge in [0.25, 0.3) is 0 Å². The number of carbonyl (C=O) groups is 1. The maximum atomic E-state index is 10.5. The summed E-state index contributed by atoms with van der Waals surface area (Å²) in [5, 5.41) is 2.36. The lowest BCUT2D eigenvalue weighted by Gasteiger charge is -2.18. The zero-order chi connectivity index (χ0) is 7.49. The molecule has 3 nitrogen and oxygen atoms in total. The van der Waals surface area contributed by atoms with Gasteiger partial charge in [0, 0.05) is 8.47 Å². The second-order valence-corrected chi connectivity index (χ2v) is 2.75. The van der Waals surface area contributed by atoms with Crippen LogP contribution in [0.15, 0.2) is 0 Å². The van der Waals surface area contributed by atoms with Gasteiger partial charge >= 0.3 is 6.09 Å². The number of ether oxygens (including phenoxy) is 1. The molecule has 0 aliphatic rings. The van der Waals surface area contributed by atoms with E-state index in [0.29, 0.717) is 0 Å². The lowest BCUT2D eigenvalue weighted by molar-refractivity contribution is 0.0541. The van der Waals surface area contributed by atoms with Crippen LogP contribution in [0, 0.1) is 0 Å². The summed E-state index contributed by atoms with van der Waals surface area (Å²) in [6.07, 6.45) is -0.387. The molecule has 0 spiro atoms. The fraction of sp³-hybridized carbons (Fsp3) is 0.833. The van der Waals surface area contributed by atoms with Gasteiger partial charge in [-0.25, -0.2) is 4.79 Å². The highest BCUT2D eigenvalue weighted by Crippen LogP contribution is 2.05. The third kappa shape index (κ3) is 5.14. The van der Waals surface area contributed by atoms with E-state index in [9.17, 15) is 4.79 Å². The smallest absolute Gasteiger partial charge is 0.407 e. The van der Waals surface area contributed by atoms with Gasteiger partial charge in [-0.2, -0.15) is 0 Å². The quantitative estimate of drug-likeness (QED) is 0.542. The minimum absolute atomic E-state index is 0. The van der Waals surface area contributed by atoms with Gasteiger partial charge in [-0.3, -0.25) is 0 Å². The van der Waals surface area contributed by atoms with E-state index < -0.39 is 0 Å². The van der Waals surface area contributed by atoms with E-state index >= 15 is 0 Å². The average Bonchev–Trinajstić information content (AvgIpc) is 1.62. The Morgan fingerprint density at radius 1 is 1.56 bits per heavy atom. The van der Waals surface area contributed by atoms with Crippen molar-refractivity contribution in [1.29, 1.82) is 0 Å². The van der Waals surface area contributed by atoms with E-state index in [1.165, 1.54) is 7.05 Å². The first-order valence-electron chi connectivity index (χ1n) is 2.86. The summed E-state index contributed by atoms with van der Waals surface area (Å²) in [4.78, 5) is 10.5. The van der Waals surface area contributed by atoms with Crippen LogP contribution in [-0.4, -0.2) is 18.7 Å². The van der Waals surface area contributed by atoms with Crippen LogP contribution in [0.4, 0.5) is 4.79 Å². The molecule has 0 saturated heterocycles. The molecule has 0 unspecified atom stereocenters. The summed E-state index contributed by atoms with van der Waals surface area (Å²) in [5.74, 6) is 0. The molecule has 0 aliphatic heterocycles. The van der Waals surface area contributed by atoms with Crippen molar-refractivity contribution in [3.63, 3.8) is 0 Å². The number of rotatable bonds is 0. The van der Waals surface area contributed by atoms with Crippen molar-refractivity contribution >= 4 is 6.09 Å². The second kappa shape index (κ2) is 2.71. The Labute approximate surface area is 56.9 Å². The van der Waals surface area contributed by atoms with Gasteiger partial charge < -0.3 is 10.1 Å². The molecular formula is C6H15NO2. The fourth-order valence-corrected chi connectivity index (χ4v) is 0.329. The van der Waals surface area contributed by atoms with Crippen molar-refractivity contribution < 1.29 is 11.0 Å². The van der Waals surface area contributed by atoms with E-state index in [1.54, 1.807) is 0 Å². The van der Waals surface area contributed by atoms with Crippen LogP contribution in [0.2, 0.25) is 0 Å². The average molecular weight is 133 g/mol. The zero-order valence-corrected chi connectivity index (χ0v) is 6.32. The van der Waals surface area contributed by atoms with Gasteiger partial charge in [0.05, 0.1) is 0 Å². The molecule has 0 heterocycles. The van der Waals surface area contributed by atoms with Gasteiger partial charge in [0.1, 0.15) is 5.60 Å². The number of hydrogen-bond donors (Lipinski definition) is 1. The molecule has 0 radical (unpaired) electrons. The topological polar surface area (TPSA) is 38.3 Å². The van der Waals surface area contributed by atoms with Crippen LogP contribution < -0.4 is 5.32 Å². The predicted molar refractivity (Wildman–Crippen MR) is 37.4 cm³/mol.